The van der Waals surface area contributed by atoms with Crippen LogP contribution in [-0.2, 0) is 0 Å². The Morgan fingerprint density at radius 3 is 2.73 bits per heavy atom. The van der Waals surface area contributed by atoms with Gasteiger partial charge in [0.05, 0.1) is 4.47 Å². The summed E-state index contributed by atoms with van der Waals surface area (Å²) in [7, 11) is 0. The standard InChI is InChI=1S/C10H15BrClN3/c1-4-5-15(7(2)3)9-8(11)6-13-10(12)14-9/h6-7H,4-5H2,1-3H3. The average Bonchev–Trinajstić information content (AvgIpc) is 2.18. The van der Waals surface area contributed by atoms with Gasteiger partial charge in [0, 0.05) is 18.8 Å². The van der Waals surface area contributed by atoms with Gasteiger partial charge in [-0.2, -0.15) is 4.98 Å². The third-order valence-electron chi connectivity index (χ3n) is 2.06. The van der Waals surface area contributed by atoms with E-state index in [2.05, 4.69) is 51.6 Å². The van der Waals surface area contributed by atoms with Gasteiger partial charge < -0.3 is 4.90 Å². The Kier molecular flexibility index (Phi) is 4.80. The first-order valence-corrected chi connectivity index (χ1v) is 6.18. The van der Waals surface area contributed by atoms with Crippen LogP contribution >= 0.6 is 27.5 Å². The molecule has 0 aliphatic rings. The maximum Gasteiger partial charge on any atom is 0.224 e. The molecule has 15 heavy (non-hydrogen) atoms. The molecule has 5 heteroatoms. The molecule has 84 valence electrons. The van der Waals surface area contributed by atoms with Crippen molar-refractivity contribution in [1.82, 2.24) is 9.97 Å². The van der Waals surface area contributed by atoms with E-state index in [1.807, 2.05) is 0 Å². The second-order valence-electron chi connectivity index (χ2n) is 3.60. The summed E-state index contributed by atoms with van der Waals surface area (Å²) in [5.74, 6) is 0.867. The minimum atomic E-state index is 0.287. The van der Waals surface area contributed by atoms with E-state index in [1.54, 1.807) is 6.20 Å². The normalized spacial score (nSPS) is 10.8. The molecule has 1 heterocycles. The van der Waals surface area contributed by atoms with Gasteiger partial charge >= 0.3 is 0 Å². The van der Waals surface area contributed by atoms with E-state index in [4.69, 9.17) is 11.6 Å². The lowest BCUT2D eigenvalue weighted by atomic mass is 10.3. The first kappa shape index (κ1) is 12.7. The SMILES string of the molecule is CCCN(c1nc(Cl)ncc1Br)C(C)C. The summed E-state index contributed by atoms with van der Waals surface area (Å²) >= 11 is 9.24. The summed E-state index contributed by atoms with van der Waals surface area (Å²) in [6.07, 6.45) is 2.77. The number of anilines is 1. The molecule has 0 radical (unpaired) electrons. The molecule has 0 spiro atoms. The Morgan fingerprint density at radius 2 is 2.20 bits per heavy atom. The number of nitrogens with zero attached hydrogens (tertiary/aromatic N) is 3. The van der Waals surface area contributed by atoms with Crippen LogP contribution in [0.3, 0.4) is 0 Å². The molecule has 1 aromatic rings. The molecule has 0 saturated heterocycles. The van der Waals surface area contributed by atoms with Crippen molar-refractivity contribution in [2.24, 2.45) is 0 Å². The number of hydrogen-bond donors (Lipinski definition) is 0. The highest BCUT2D eigenvalue weighted by molar-refractivity contribution is 9.10. The van der Waals surface area contributed by atoms with Gasteiger partial charge in [-0.15, -0.1) is 0 Å². The molecule has 0 unspecified atom stereocenters. The van der Waals surface area contributed by atoms with Crippen LogP contribution in [0.25, 0.3) is 0 Å². The highest BCUT2D eigenvalue weighted by atomic mass is 79.9. The van der Waals surface area contributed by atoms with Gasteiger partial charge in [0.15, 0.2) is 0 Å². The van der Waals surface area contributed by atoms with E-state index in [9.17, 15) is 0 Å². The van der Waals surface area contributed by atoms with Crippen molar-refractivity contribution >= 4 is 33.3 Å². The van der Waals surface area contributed by atoms with Crippen LogP contribution in [-0.4, -0.2) is 22.6 Å². The summed E-state index contributed by atoms with van der Waals surface area (Å²) in [4.78, 5) is 10.4. The minimum absolute atomic E-state index is 0.287. The average molecular weight is 293 g/mol. The molecule has 3 nitrogen and oxygen atoms in total. The second-order valence-corrected chi connectivity index (χ2v) is 4.79. The number of aromatic nitrogens is 2. The van der Waals surface area contributed by atoms with Crippen molar-refractivity contribution in [3.8, 4) is 0 Å². The van der Waals surface area contributed by atoms with Gasteiger partial charge in [0.25, 0.3) is 0 Å². The molecule has 0 N–H and O–H groups in total. The predicted octanol–water partition coefficient (Wildman–Crippen LogP) is 3.52. The van der Waals surface area contributed by atoms with Crippen LogP contribution in [0.1, 0.15) is 27.2 Å². The Hall–Kier alpha value is -0.350. The smallest absolute Gasteiger partial charge is 0.224 e. The van der Waals surface area contributed by atoms with Gasteiger partial charge in [-0.1, -0.05) is 6.92 Å². The molecule has 0 atom stereocenters. The summed E-state index contributed by atoms with van der Waals surface area (Å²) in [5.41, 5.74) is 0. The van der Waals surface area contributed by atoms with Crippen molar-refractivity contribution in [2.45, 2.75) is 33.2 Å². The zero-order valence-corrected chi connectivity index (χ0v) is 11.5. The Bertz CT molecular complexity index is 330. The van der Waals surface area contributed by atoms with E-state index in [0.717, 1.165) is 23.3 Å². The fourth-order valence-corrected chi connectivity index (χ4v) is 1.94. The summed E-state index contributed by atoms with van der Waals surface area (Å²) in [6.45, 7) is 7.38. The first-order chi connectivity index (χ1) is 7.06. The van der Waals surface area contributed by atoms with Crippen LogP contribution < -0.4 is 4.90 Å². The zero-order chi connectivity index (χ0) is 11.4. The van der Waals surface area contributed by atoms with E-state index in [-0.39, 0.29) is 5.28 Å². The fraction of sp³-hybridized carbons (Fsp3) is 0.600. The maximum atomic E-state index is 5.80. The van der Waals surface area contributed by atoms with Crippen LogP contribution in [0.4, 0.5) is 5.82 Å². The predicted molar refractivity (Wildman–Crippen MR) is 67.5 cm³/mol. The minimum Gasteiger partial charge on any atom is -0.353 e. The van der Waals surface area contributed by atoms with E-state index in [1.165, 1.54) is 0 Å². The Balaban J connectivity index is 3.04. The topological polar surface area (TPSA) is 29.0 Å². The van der Waals surface area contributed by atoms with Crippen molar-refractivity contribution in [3.63, 3.8) is 0 Å². The lowest BCUT2D eigenvalue weighted by Crippen LogP contribution is -2.32. The van der Waals surface area contributed by atoms with Crippen molar-refractivity contribution in [2.75, 3.05) is 11.4 Å². The molecule has 0 saturated carbocycles. The lowest BCUT2D eigenvalue weighted by molar-refractivity contribution is 0.659. The Morgan fingerprint density at radius 1 is 1.53 bits per heavy atom. The number of hydrogen-bond acceptors (Lipinski definition) is 3. The Labute approximate surface area is 104 Å². The van der Waals surface area contributed by atoms with Crippen molar-refractivity contribution in [3.05, 3.63) is 16.0 Å². The molecule has 0 fully saturated rings. The molecule has 0 aromatic carbocycles. The monoisotopic (exact) mass is 291 g/mol. The highest BCUT2D eigenvalue weighted by Crippen LogP contribution is 2.25. The van der Waals surface area contributed by atoms with Gasteiger partial charge in [0.1, 0.15) is 5.82 Å². The van der Waals surface area contributed by atoms with Crippen LogP contribution in [0, 0.1) is 0 Å². The van der Waals surface area contributed by atoms with Crippen molar-refractivity contribution in [1.29, 1.82) is 0 Å². The summed E-state index contributed by atoms with van der Waals surface area (Å²) in [5, 5.41) is 0.287. The second kappa shape index (κ2) is 5.66. The molecule has 1 aromatic heterocycles. The molecule has 0 amide bonds. The highest BCUT2D eigenvalue weighted by Gasteiger charge is 2.15. The number of halogens is 2. The maximum absolute atomic E-state index is 5.80. The molecule has 0 aliphatic heterocycles. The third-order valence-corrected chi connectivity index (χ3v) is 2.80. The first-order valence-electron chi connectivity index (χ1n) is 5.01. The van der Waals surface area contributed by atoms with Gasteiger partial charge in [-0.3, -0.25) is 0 Å². The summed E-state index contributed by atoms with van der Waals surface area (Å²) in [6, 6.07) is 0.396. The third kappa shape index (κ3) is 3.31. The summed E-state index contributed by atoms with van der Waals surface area (Å²) < 4.78 is 0.883. The fourth-order valence-electron chi connectivity index (χ4n) is 1.39. The molecular weight excluding hydrogens is 277 g/mol. The zero-order valence-electron chi connectivity index (χ0n) is 9.17. The van der Waals surface area contributed by atoms with E-state index < -0.39 is 0 Å². The van der Waals surface area contributed by atoms with Gasteiger partial charge in [-0.25, -0.2) is 4.98 Å². The van der Waals surface area contributed by atoms with Crippen LogP contribution in [0.2, 0.25) is 5.28 Å². The largest absolute Gasteiger partial charge is 0.353 e. The van der Waals surface area contributed by atoms with Gasteiger partial charge in [-0.05, 0) is 47.8 Å². The van der Waals surface area contributed by atoms with Gasteiger partial charge in [0.2, 0.25) is 5.28 Å². The molecule has 0 bridgehead atoms. The number of rotatable bonds is 4. The van der Waals surface area contributed by atoms with E-state index in [0.29, 0.717) is 6.04 Å². The van der Waals surface area contributed by atoms with Crippen LogP contribution in [0.5, 0.6) is 0 Å². The molecular formula is C10H15BrClN3. The molecule has 0 aliphatic carbocycles. The molecule has 1 rings (SSSR count). The lowest BCUT2D eigenvalue weighted by Gasteiger charge is -2.28. The van der Waals surface area contributed by atoms with E-state index >= 15 is 0 Å². The quantitative estimate of drug-likeness (QED) is 0.795. The van der Waals surface area contributed by atoms with Crippen LogP contribution in [0.15, 0.2) is 10.7 Å². The van der Waals surface area contributed by atoms with Crippen molar-refractivity contribution < 1.29 is 0 Å².